The molecule has 0 saturated heterocycles. The lowest BCUT2D eigenvalue weighted by Crippen LogP contribution is -2.24. The smallest absolute Gasteiger partial charge is 0.290 e. The minimum Gasteiger partial charge on any atom is -0.364 e. The monoisotopic (exact) mass is 215 g/mol. The lowest BCUT2D eigenvalue weighted by atomic mass is 10.1. The van der Waals surface area contributed by atoms with Crippen molar-refractivity contribution >= 4 is 17.4 Å². The van der Waals surface area contributed by atoms with Crippen molar-refractivity contribution in [2.45, 2.75) is 19.2 Å². The zero-order chi connectivity index (χ0) is 10.6. The zero-order valence-electron chi connectivity index (χ0n) is 8.25. The molecule has 0 bridgehead atoms. The van der Waals surface area contributed by atoms with E-state index >= 15 is 0 Å². The molecule has 4 nitrogen and oxygen atoms in total. The molecule has 0 aliphatic carbocycles. The summed E-state index contributed by atoms with van der Waals surface area (Å²) in [5.41, 5.74) is -0.222. The topological polar surface area (TPSA) is 57.8 Å². The average molecular weight is 216 g/mol. The highest BCUT2D eigenvalue weighted by Gasteiger charge is 2.09. The molecule has 1 aromatic rings. The zero-order valence-corrected chi connectivity index (χ0v) is 9.01. The van der Waals surface area contributed by atoms with Gasteiger partial charge in [0.1, 0.15) is 0 Å². The molecule has 14 heavy (non-hydrogen) atoms. The van der Waals surface area contributed by atoms with Crippen molar-refractivity contribution in [3.8, 4) is 0 Å². The van der Waals surface area contributed by atoms with E-state index in [1.54, 1.807) is 0 Å². The van der Waals surface area contributed by atoms with Crippen molar-refractivity contribution < 1.29 is 0 Å². The minimum absolute atomic E-state index is 0.00333. The van der Waals surface area contributed by atoms with Crippen molar-refractivity contribution in [3.63, 3.8) is 0 Å². The van der Waals surface area contributed by atoms with Crippen LogP contribution in [0.25, 0.3) is 0 Å². The fourth-order valence-corrected chi connectivity index (χ4v) is 0.985. The quantitative estimate of drug-likeness (QED) is 0.748. The highest BCUT2D eigenvalue weighted by atomic mass is 35.5. The molecule has 1 unspecified atom stereocenters. The average Bonchev–Trinajstić information content (AvgIpc) is 2.16. The number of H-pyrrole nitrogens is 1. The second-order valence-corrected chi connectivity index (χ2v) is 3.97. The van der Waals surface area contributed by atoms with Crippen LogP contribution in [0.1, 0.15) is 13.8 Å². The SMILES string of the molecule is CC(C)C(Cl)CNc1ncc[nH]c1=O. The number of hydrogen-bond donors (Lipinski definition) is 2. The maximum atomic E-state index is 11.2. The third-order valence-electron chi connectivity index (χ3n) is 1.90. The molecule has 78 valence electrons. The maximum absolute atomic E-state index is 11.2. The van der Waals surface area contributed by atoms with Crippen molar-refractivity contribution in [1.29, 1.82) is 0 Å². The second-order valence-electron chi connectivity index (χ2n) is 3.41. The summed E-state index contributed by atoms with van der Waals surface area (Å²) in [5, 5.41) is 2.90. The molecule has 1 aromatic heterocycles. The molecular formula is C9H14ClN3O. The van der Waals surface area contributed by atoms with E-state index in [0.29, 0.717) is 18.3 Å². The van der Waals surface area contributed by atoms with Gasteiger partial charge in [-0.25, -0.2) is 4.98 Å². The van der Waals surface area contributed by atoms with E-state index in [2.05, 4.69) is 15.3 Å². The molecule has 5 heteroatoms. The van der Waals surface area contributed by atoms with Crippen LogP contribution in [0, 0.1) is 5.92 Å². The summed E-state index contributed by atoms with van der Waals surface area (Å²) in [6, 6.07) is 0. The van der Waals surface area contributed by atoms with E-state index in [4.69, 9.17) is 11.6 Å². The fraction of sp³-hybridized carbons (Fsp3) is 0.556. The van der Waals surface area contributed by atoms with Crippen LogP contribution < -0.4 is 10.9 Å². The van der Waals surface area contributed by atoms with Gasteiger partial charge >= 0.3 is 0 Å². The first-order valence-electron chi connectivity index (χ1n) is 4.53. The number of rotatable bonds is 4. The van der Waals surface area contributed by atoms with Crippen LogP contribution in [0.4, 0.5) is 5.82 Å². The Labute approximate surface area is 87.7 Å². The fourth-order valence-electron chi connectivity index (χ4n) is 0.908. The molecular weight excluding hydrogens is 202 g/mol. The molecule has 2 N–H and O–H groups in total. The molecule has 0 aliphatic heterocycles. The normalized spacial score (nSPS) is 12.9. The first-order chi connectivity index (χ1) is 6.61. The molecule has 1 rings (SSSR count). The van der Waals surface area contributed by atoms with Gasteiger partial charge in [-0.05, 0) is 5.92 Å². The lowest BCUT2D eigenvalue weighted by Gasteiger charge is -2.13. The molecule has 0 spiro atoms. The largest absolute Gasteiger partial charge is 0.364 e. The Kier molecular flexibility index (Phi) is 3.95. The van der Waals surface area contributed by atoms with E-state index in [0.717, 1.165) is 0 Å². The third kappa shape index (κ3) is 3.03. The minimum atomic E-state index is -0.222. The van der Waals surface area contributed by atoms with Crippen LogP contribution in [0.2, 0.25) is 0 Å². The highest BCUT2D eigenvalue weighted by Crippen LogP contribution is 2.09. The Morgan fingerprint density at radius 1 is 1.64 bits per heavy atom. The second kappa shape index (κ2) is 5.00. The van der Waals surface area contributed by atoms with Crippen molar-refractivity contribution in [1.82, 2.24) is 9.97 Å². The standard InChI is InChI=1S/C9H14ClN3O/c1-6(2)7(10)5-13-8-9(14)12-4-3-11-8/h3-4,6-7H,5H2,1-2H3,(H,11,13)(H,12,14). The van der Waals surface area contributed by atoms with Crippen LogP contribution in [0.3, 0.4) is 0 Å². The Balaban J connectivity index is 2.54. The number of aromatic amines is 1. The molecule has 0 radical (unpaired) electrons. The summed E-state index contributed by atoms with van der Waals surface area (Å²) in [4.78, 5) is 17.6. The summed E-state index contributed by atoms with van der Waals surface area (Å²) < 4.78 is 0. The van der Waals surface area contributed by atoms with Crippen LogP contribution >= 0.6 is 11.6 Å². The number of halogens is 1. The number of hydrogen-bond acceptors (Lipinski definition) is 3. The van der Waals surface area contributed by atoms with E-state index < -0.39 is 0 Å². The Morgan fingerprint density at radius 2 is 2.36 bits per heavy atom. The summed E-state index contributed by atoms with van der Waals surface area (Å²) in [6.45, 7) is 4.60. The van der Waals surface area contributed by atoms with Crippen molar-refractivity contribution in [2.24, 2.45) is 5.92 Å². The van der Waals surface area contributed by atoms with Crippen LogP contribution in [0.15, 0.2) is 17.2 Å². The van der Waals surface area contributed by atoms with Crippen LogP contribution in [0.5, 0.6) is 0 Å². The lowest BCUT2D eigenvalue weighted by molar-refractivity contribution is 0.615. The van der Waals surface area contributed by atoms with Gasteiger partial charge in [-0.3, -0.25) is 4.79 Å². The summed E-state index contributed by atoms with van der Waals surface area (Å²) in [6.07, 6.45) is 3.02. The molecule has 0 saturated carbocycles. The van der Waals surface area contributed by atoms with Gasteiger partial charge in [-0.2, -0.15) is 0 Å². The van der Waals surface area contributed by atoms with E-state index in [-0.39, 0.29) is 10.9 Å². The molecule has 0 aromatic carbocycles. The maximum Gasteiger partial charge on any atom is 0.290 e. The van der Waals surface area contributed by atoms with Gasteiger partial charge in [0.15, 0.2) is 5.82 Å². The first kappa shape index (κ1) is 11.0. The first-order valence-corrected chi connectivity index (χ1v) is 4.96. The number of nitrogens with zero attached hydrogens (tertiary/aromatic N) is 1. The molecule has 0 aliphatic rings. The van der Waals surface area contributed by atoms with Gasteiger partial charge in [-0.15, -0.1) is 11.6 Å². The Hall–Kier alpha value is -1.03. The van der Waals surface area contributed by atoms with Crippen molar-refractivity contribution in [2.75, 3.05) is 11.9 Å². The van der Waals surface area contributed by atoms with E-state index in [1.807, 2.05) is 13.8 Å². The predicted octanol–water partition coefficient (Wildman–Crippen LogP) is 1.45. The molecule has 0 amide bonds. The predicted molar refractivity (Wildman–Crippen MR) is 57.8 cm³/mol. The summed E-state index contributed by atoms with van der Waals surface area (Å²) in [7, 11) is 0. The van der Waals surface area contributed by atoms with Gasteiger partial charge in [0, 0.05) is 18.9 Å². The third-order valence-corrected chi connectivity index (χ3v) is 2.55. The highest BCUT2D eigenvalue weighted by molar-refractivity contribution is 6.21. The van der Waals surface area contributed by atoms with Crippen molar-refractivity contribution in [3.05, 3.63) is 22.7 Å². The van der Waals surface area contributed by atoms with Gasteiger partial charge in [-0.1, -0.05) is 13.8 Å². The molecule has 0 fully saturated rings. The van der Waals surface area contributed by atoms with E-state index in [9.17, 15) is 4.79 Å². The van der Waals surface area contributed by atoms with Crippen LogP contribution in [-0.2, 0) is 0 Å². The van der Waals surface area contributed by atoms with E-state index in [1.165, 1.54) is 12.4 Å². The van der Waals surface area contributed by atoms with Gasteiger partial charge in [0.05, 0.1) is 5.38 Å². The number of alkyl halides is 1. The Morgan fingerprint density at radius 3 is 2.93 bits per heavy atom. The molecule has 1 atom stereocenters. The van der Waals surface area contributed by atoms with Gasteiger partial charge < -0.3 is 10.3 Å². The number of aromatic nitrogens is 2. The summed E-state index contributed by atoms with van der Waals surface area (Å²) >= 11 is 6.02. The van der Waals surface area contributed by atoms with Crippen LogP contribution in [-0.4, -0.2) is 21.9 Å². The summed E-state index contributed by atoms with van der Waals surface area (Å²) in [5.74, 6) is 0.686. The Bertz CT molecular complexity index is 337. The molecule has 1 heterocycles. The number of anilines is 1. The van der Waals surface area contributed by atoms with Gasteiger partial charge in [0.2, 0.25) is 0 Å². The van der Waals surface area contributed by atoms with Gasteiger partial charge in [0.25, 0.3) is 5.56 Å². The number of nitrogens with one attached hydrogen (secondary N) is 2.